The van der Waals surface area contributed by atoms with E-state index in [1.165, 1.54) is 6.08 Å². The van der Waals surface area contributed by atoms with Crippen LogP contribution in [0.3, 0.4) is 0 Å². The van der Waals surface area contributed by atoms with Gasteiger partial charge in [0.1, 0.15) is 6.29 Å². The maximum atomic E-state index is 10.1. The molecule has 0 aliphatic carbocycles. The minimum Gasteiger partial charge on any atom is -0.515 e. The quantitative estimate of drug-likeness (QED) is 0.282. The summed E-state index contributed by atoms with van der Waals surface area (Å²) in [6.07, 6.45) is 2.11. The molecule has 0 saturated heterocycles. The molecule has 0 amide bonds. The van der Waals surface area contributed by atoms with Crippen molar-refractivity contribution in [2.75, 3.05) is 7.11 Å². The van der Waals surface area contributed by atoms with Crippen molar-refractivity contribution in [1.82, 2.24) is 0 Å². The van der Waals surface area contributed by atoms with Crippen molar-refractivity contribution >= 4 is 12.0 Å². The van der Waals surface area contributed by atoms with Crippen molar-refractivity contribution in [2.24, 2.45) is 0 Å². The molecule has 0 aromatic heterocycles. The SMILES string of the molecule is COC(=CC=O)[c-]1cccc1.[Fe+2].c1cc[cH-]c1. The summed E-state index contributed by atoms with van der Waals surface area (Å²) in [4.78, 5) is 10.1. The molecule has 0 atom stereocenters. The summed E-state index contributed by atoms with van der Waals surface area (Å²) in [6, 6.07) is 17.6. The fourth-order valence-corrected chi connectivity index (χ4v) is 1.20. The molecule has 0 heterocycles. The molecule has 2 nitrogen and oxygen atoms in total. The maximum absolute atomic E-state index is 10.1. The Labute approximate surface area is 112 Å². The number of carbonyl (C=O) groups is 1. The number of ether oxygens (including phenoxy) is 1. The molecular formula is C14H14FeO2. The van der Waals surface area contributed by atoms with Crippen molar-refractivity contribution < 1.29 is 26.6 Å². The normalized spacial score (nSPS) is 9.59. The first-order chi connectivity index (χ1) is 7.88. The van der Waals surface area contributed by atoms with E-state index in [2.05, 4.69) is 0 Å². The second-order valence-electron chi connectivity index (χ2n) is 3.01. The third-order valence-electron chi connectivity index (χ3n) is 1.94. The Bertz CT molecular complexity index is 382. The van der Waals surface area contributed by atoms with Gasteiger partial charge < -0.3 is 9.53 Å². The van der Waals surface area contributed by atoms with Crippen LogP contribution in [-0.4, -0.2) is 13.4 Å². The van der Waals surface area contributed by atoms with Gasteiger partial charge in [0.2, 0.25) is 0 Å². The third-order valence-corrected chi connectivity index (χ3v) is 1.94. The predicted molar refractivity (Wildman–Crippen MR) is 65.1 cm³/mol. The van der Waals surface area contributed by atoms with Crippen LogP contribution in [0.4, 0.5) is 0 Å². The summed E-state index contributed by atoms with van der Waals surface area (Å²) in [5.74, 6) is 0.602. The van der Waals surface area contributed by atoms with Crippen molar-refractivity contribution in [1.29, 1.82) is 0 Å². The number of carbonyl (C=O) groups excluding carboxylic acids is 1. The molecule has 3 heteroatoms. The van der Waals surface area contributed by atoms with Crippen LogP contribution in [0.2, 0.25) is 0 Å². The van der Waals surface area contributed by atoms with Gasteiger partial charge in [0, 0.05) is 5.76 Å². The Morgan fingerprint density at radius 1 is 1.18 bits per heavy atom. The van der Waals surface area contributed by atoms with Crippen LogP contribution in [0.1, 0.15) is 5.56 Å². The minimum absolute atomic E-state index is 0. The molecule has 0 N–H and O–H groups in total. The molecule has 0 aliphatic heterocycles. The number of aldehydes is 1. The molecule has 2 aromatic carbocycles. The first-order valence-corrected chi connectivity index (χ1v) is 4.96. The van der Waals surface area contributed by atoms with Crippen molar-refractivity contribution in [3.05, 3.63) is 66.2 Å². The number of hydrogen-bond acceptors (Lipinski definition) is 2. The van der Waals surface area contributed by atoms with Crippen LogP contribution in [0, 0.1) is 0 Å². The van der Waals surface area contributed by atoms with Crippen LogP contribution in [0.15, 0.2) is 60.7 Å². The molecule has 0 fully saturated rings. The maximum Gasteiger partial charge on any atom is 2.00 e. The van der Waals surface area contributed by atoms with Crippen LogP contribution >= 0.6 is 0 Å². The molecule has 0 spiro atoms. The van der Waals surface area contributed by atoms with Gasteiger partial charge in [-0.15, -0.1) is 12.1 Å². The van der Waals surface area contributed by atoms with Gasteiger partial charge in [-0.2, -0.15) is 30.3 Å². The van der Waals surface area contributed by atoms with E-state index in [1.807, 2.05) is 54.6 Å². The average molecular weight is 270 g/mol. The number of rotatable bonds is 3. The fraction of sp³-hybridized carbons (Fsp3) is 0.0714. The second kappa shape index (κ2) is 9.64. The van der Waals surface area contributed by atoms with Crippen LogP contribution < -0.4 is 0 Å². The van der Waals surface area contributed by atoms with Gasteiger partial charge in [0.05, 0.1) is 7.11 Å². The molecule has 2 rings (SSSR count). The first-order valence-electron chi connectivity index (χ1n) is 4.96. The summed E-state index contributed by atoms with van der Waals surface area (Å²) in [6.45, 7) is 0. The van der Waals surface area contributed by atoms with E-state index in [1.54, 1.807) is 7.11 Å². The van der Waals surface area contributed by atoms with Crippen molar-refractivity contribution in [3.63, 3.8) is 0 Å². The average Bonchev–Trinajstić information content (AvgIpc) is 2.99. The number of hydrogen-bond donors (Lipinski definition) is 0. The smallest absolute Gasteiger partial charge is 0.515 e. The number of methoxy groups -OCH3 is 1. The van der Waals surface area contributed by atoms with E-state index in [4.69, 9.17) is 4.74 Å². The van der Waals surface area contributed by atoms with Gasteiger partial charge >= 0.3 is 17.1 Å². The van der Waals surface area contributed by atoms with Gasteiger partial charge in [-0.05, 0) is 0 Å². The van der Waals surface area contributed by atoms with Gasteiger partial charge in [0.15, 0.2) is 0 Å². The molecule has 90 valence electrons. The van der Waals surface area contributed by atoms with Gasteiger partial charge in [-0.3, -0.25) is 0 Å². The Kier molecular flexibility index (Phi) is 8.75. The molecule has 2 aromatic rings. The molecule has 0 radical (unpaired) electrons. The summed E-state index contributed by atoms with van der Waals surface area (Å²) in [5.41, 5.74) is 0.930. The van der Waals surface area contributed by atoms with E-state index in [0.29, 0.717) is 12.0 Å². The van der Waals surface area contributed by atoms with Gasteiger partial charge in [0.25, 0.3) is 0 Å². The van der Waals surface area contributed by atoms with Gasteiger partial charge in [-0.1, -0.05) is 11.6 Å². The zero-order valence-corrected chi connectivity index (χ0v) is 10.6. The summed E-state index contributed by atoms with van der Waals surface area (Å²) >= 11 is 0. The van der Waals surface area contributed by atoms with E-state index in [-0.39, 0.29) is 17.1 Å². The zero-order valence-electron chi connectivity index (χ0n) is 9.52. The molecule has 0 unspecified atom stereocenters. The van der Waals surface area contributed by atoms with Crippen molar-refractivity contribution in [2.45, 2.75) is 0 Å². The molecular weight excluding hydrogens is 256 g/mol. The fourth-order valence-electron chi connectivity index (χ4n) is 1.20. The summed E-state index contributed by atoms with van der Waals surface area (Å²) in [5, 5.41) is 0. The van der Waals surface area contributed by atoms with Crippen LogP contribution in [0.5, 0.6) is 0 Å². The third kappa shape index (κ3) is 5.91. The topological polar surface area (TPSA) is 26.3 Å². The largest absolute Gasteiger partial charge is 2.00 e. The number of allylic oxidation sites excluding steroid dienone is 1. The van der Waals surface area contributed by atoms with Crippen molar-refractivity contribution in [3.8, 4) is 0 Å². The minimum atomic E-state index is 0. The summed E-state index contributed by atoms with van der Waals surface area (Å²) < 4.78 is 4.96. The Morgan fingerprint density at radius 3 is 2.12 bits per heavy atom. The molecule has 0 bridgehead atoms. The van der Waals surface area contributed by atoms with E-state index in [9.17, 15) is 4.79 Å². The van der Waals surface area contributed by atoms with E-state index < -0.39 is 0 Å². The Morgan fingerprint density at radius 2 is 1.76 bits per heavy atom. The monoisotopic (exact) mass is 270 g/mol. The standard InChI is InChI=1S/C9H9O2.C5H5.Fe/c1-11-9(6-7-10)8-4-2-3-5-8;1-2-4-5-3-1;/h2-7H,1H3;1-5H;/q2*-1;+2. The zero-order chi connectivity index (χ0) is 11.6. The first kappa shape index (κ1) is 15.4. The Balaban J connectivity index is 0.000000360. The van der Waals surface area contributed by atoms with Crippen LogP contribution in [0.25, 0.3) is 5.76 Å². The molecule has 0 aliphatic rings. The molecule has 17 heavy (non-hydrogen) atoms. The Hall–Kier alpha value is -1.57. The summed E-state index contributed by atoms with van der Waals surface area (Å²) in [7, 11) is 1.54. The second-order valence-corrected chi connectivity index (χ2v) is 3.01. The van der Waals surface area contributed by atoms with Gasteiger partial charge in [-0.25, -0.2) is 12.1 Å². The van der Waals surface area contributed by atoms with E-state index in [0.717, 1.165) is 5.56 Å². The van der Waals surface area contributed by atoms with E-state index >= 15 is 0 Å². The predicted octanol–water partition coefficient (Wildman–Crippen LogP) is 2.99. The van der Waals surface area contributed by atoms with Crippen LogP contribution in [-0.2, 0) is 26.6 Å². The molecule has 0 saturated carbocycles.